The van der Waals surface area contributed by atoms with Gasteiger partial charge < -0.3 is 15.3 Å². The summed E-state index contributed by atoms with van der Waals surface area (Å²) in [7, 11) is 0. The fourth-order valence-electron chi connectivity index (χ4n) is 2.08. The summed E-state index contributed by atoms with van der Waals surface area (Å²) in [5.41, 5.74) is 1.11. The molecule has 2 amide bonds. The standard InChI is InChI=1S/C17H23ClN2O4S/c1-12(16(22)23)19-17(24)20(10-11-25-13(2)21)9-3-4-14-5-7-15(18)8-6-14/h5-8,12H,3-4,9-11H2,1-2H3,(H,19,24)(H,22,23)/t12-/m0/s1. The van der Waals surface area contributed by atoms with Crippen LogP contribution in [0.3, 0.4) is 0 Å². The van der Waals surface area contributed by atoms with Crippen LogP contribution in [0, 0.1) is 0 Å². The van der Waals surface area contributed by atoms with E-state index in [9.17, 15) is 14.4 Å². The highest BCUT2D eigenvalue weighted by molar-refractivity contribution is 8.13. The number of hydrogen-bond acceptors (Lipinski definition) is 4. The van der Waals surface area contributed by atoms with Crippen molar-refractivity contribution in [1.82, 2.24) is 10.2 Å². The first-order valence-corrected chi connectivity index (χ1v) is 9.32. The fourth-order valence-corrected chi connectivity index (χ4v) is 2.80. The number of urea groups is 1. The van der Waals surface area contributed by atoms with Gasteiger partial charge in [0, 0.05) is 30.8 Å². The highest BCUT2D eigenvalue weighted by Crippen LogP contribution is 2.11. The van der Waals surface area contributed by atoms with Gasteiger partial charge in [-0.25, -0.2) is 4.79 Å². The van der Waals surface area contributed by atoms with Gasteiger partial charge >= 0.3 is 12.0 Å². The molecule has 2 N–H and O–H groups in total. The normalized spacial score (nSPS) is 11.6. The van der Waals surface area contributed by atoms with E-state index >= 15 is 0 Å². The van der Waals surface area contributed by atoms with Gasteiger partial charge in [0.25, 0.3) is 0 Å². The molecule has 0 saturated heterocycles. The van der Waals surface area contributed by atoms with Crippen LogP contribution >= 0.6 is 23.4 Å². The summed E-state index contributed by atoms with van der Waals surface area (Å²) in [5.74, 6) is -0.613. The molecule has 1 aromatic rings. The van der Waals surface area contributed by atoms with Crippen molar-refractivity contribution >= 4 is 40.5 Å². The van der Waals surface area contributed by atoms with E-state index in [4.69, 9.17) is 16.7 Å². The third-order valence-electron chi connectivity index (χ3n) is 3.47. The summed E-state index contributed by atoms with van der Waals surface area (Å²) in [6.45, 7) is 3.74. The molecule has 138 valence electrons. The minimum Gasteiger partial charge on any atom is -0.480 e. The molecule has 0 spiro atoms. The average Bonchev–Trinajstić information content (AvgIpc) is 2.54. The van der Waals surface area contributed by atoms with Crippen LogP contribution in [-0.4, -0.2) is 52.0 Å². The molecule has 0 fully saturated rings. The van der Waals surface area contributed by atoms with E-state index in [0.717, 1.165) is 30.2 Å². The number of carboxylic acids is 1. The summed E-state index contributed by atoms with van der Waals surface area (Å²) in [4.78, 5) is 35.7. The Hall–Kier alpha value is -1.73. The van der Waals surface area contributed by atoms with Gasteiger partial charge in [0.05, 0.1) is 0 Å². The molecular weight excluding hydrogens is 364 g/mol. The molecule has 0 saturated carbocycles. The van der Waals surface area contributed by atoms with Gasteiger partial charge in [-0.3, -0.25) is 9.59 Å². The molecule has 1 atom stereocenters. The van der Waals surface area contributed by atoms with Crippen LogP contribution in [-0.2, 0) is 16.0 Å². The van der Waals surface area contributed by atoms with Crippen molar-refractivity contribution in [3.63, 3.8) is 0 Å². The zero-order valence-corrected chi connectivity index (χ0v) is 15.9. The number of hydrogen-bond donors (Lipinski definition) is 2. The molecule has 8 heteroatoms. The van der Waals surface area contributed by atoms with Gasteiger partial charge in [-0.1, -0.05) is 35.5 Å². The number of thioether (sulfide) groups is 1. The highest BCUT2D eigenvalue weighted by atomic mass is 35.5. The lowest BCUT2D eigenvalue weighted by Crippen LogP contribution is -2.47. The highest BCUT2D eigenvalue weighted by Gasteiger charge is 2.19. The average molecular weight is 387 g/mol. The summed E-state index contributed by atoms with van der Waals surface area (Å²) in [6.07, 6.45) is 1.50. The lowest BCUT2D eigenvalue weighted by molar-refractivity contribution is -0.138. The number of carbonyl (C=O) groups is 3. The lowest BCUT2D eigenvalue weighted by atomic mass is 10.1. The summed E-state index contributed by atoms with van der Waals surface area (Å²) in [6, 6.07) is 6.11. The summed E-state index contributed by atoms with van der Waals surface area (Å²) >= 11 is 7.00. The monoisotopic (exact) mass is 386 g/mol. The Labute approximate surface area is 156 Å². The van der Waals surface area contributed by atoms with Crippen LogP contribution in [0.2, 0.25) is 5.02 Å². The molecule has 0 aliphatic rings. The second-order valence-corrected chi connectivity index (χ2v) is 7.27. The van der Waals surface area contributed by atoms with Crippen LogP contribution in [0.1, 0.15) is 25.8 Å². The maximum atomic E-state index is 12.3. The predicted molar refractivity (Wildman–Crippen MR) is 100 cm³/mol. The van der Waals surface area contributed by atoms with Gasteiger partial charge in [0.1, 0.15) is 6.04 Å². The lowest BCUT2D eigenvalue weighted by Gasteiger charge is -2.24. The molecule has 0 aliphatic carbocycles. The molecule has 0 unspecified atom stereocenters. The first-order chi connectivity index (χ1) is 11.8. The van der Waals surface area contributed by atoms with Crippen molar-refractivity contribution in [1.29, 1.82) is 0 Å². The van der Waals surface area contributed by atoms with E-state index in [1.54, 1.807) is 4.90 Å². The van der Waals surface area contributed by atoms with E-state index < -0.39 is 18.0 Å². The first kappa shape index (κ1) is 21.3. The zero-order valence-electron chi connectivity index (χ0n) is 14.3. The Morgan fingerprint density at radius 2 is 1.88 bits per heavy atom. The van der Waals surface area contributed by atoms with E-state index in [1.807, 2.05) is 24.3 Å². The molecule has 0 aliphatic heterocycles. The van der Waals surface area contributed by atoms with Crippen LogP contribution in [0.5, 0.6) is 0 Å². The number of aliphatic carboxylic acids is 1. The minimum atomic E-state index is -1.09. The van der Waals surface area contributed by atoms with Crippen molar-refractivity contribution in [3.8, 4) is 0 Å². The number of nitrogens with zero attached hydrogens (tertiary/aromatic N) is 1. The first-order valence-electron chi connectivity index (χ1n) is 7.95. The van der Waals surface area contributed by atoms with Gasteiger partial charge in [0.15, 0.2) is 5.12 Å². The molecule has 0 heterocycles. The molecule has 1 aromatic carbocycles. The van der Waals surface area contributed by atoms with E-state index in [0.29, 0.717) is 23.9 Å². The number of aryl methyl sites for hydroxylation is 1. The second-order valence-electron chi connectivity index (χ2n) is 5.57. The number of nitrogens with one attached hydrogen (secondary N) is 1. The molecular formula is C17H23ClN2O4S. The molecule has 6 nitrogen and oxygen atoms in total. The van der Waals surface area contributed by atoms with E-state index in [-0.39, 0.29) is 5.12 Å². The number of halogens is 1. The van der Waals surface area contributed by atoms with Crippen molar-refractivity contribution in [2.45, 2.75) is 32.7 Å². The Balaban J connectivity index is 2.56. The fraction of sp³-hybridized carbons (Fsp3) is 0.471. The smallest absolute Gasteiger partial charge is 0.325 e. The van der Waals surface area contributed by atoms with Crippen LogP contribution in [0.15, 0.2) is 24.3 Å². The van der Waals surface area contributed by atoms with E-state index in [2.05, 4.69) is 5.32 Å². The van der Waals surface area contributed by atoms with Gasteiger partial charge in [-0.15, -0.1) is 0 Å². The zero-order chi connectivity index (χ0) is 18.8. The number of carboxylic acid groups (broad SMARTS) is 1. The van der Waals surface area contributed by atoms with E-state index in [1.165, 1.54) is 13.8 Å². The third kappa shape index (κ3) is 8.79. The molecule has 0 aromatic heterocycles. The minimum absolute atomic E-state index is 0.0135. The van der Waals surface area contributed by atoms with Crippen molar-refractivity contribution < 1.29 is 19.5 Å². The number of amides is 2. The number of rotatable bonds is 9. The van der Waals surface area contributed by atoms with Crippen molar-refractivity contribution in [2.24, 2.45) is 0 Å². The molecule has 25 heavy (non-hydrogen) atoms. The van der Waals surface area contributed by atoms with Crippen LogP contribution < -0.4 is 5.32 Å². The Morgan fingerprint density at radius 3 is 2.44 bits per heavy atom. The molecule has 0 radical (unpaired) electrons. The summed E-state index contributed by atoms with van der Waals surface area (Å²) < 4.78 is 0. The maximum absolute atomic E-state index is 12.3. The van der Waals surface area contributed by atoms with Crippen molar-refractivity contribution in [2.75, 3.05) is 18.8 Å². The third-order valence-corrected chi connectivity index (χ3v) is 4.52. The number of carbonyl (C=O) groups excluding carboxylic acids is 2. The quantitative estimate of drug-likeness (QED) is 0.681. The van der Waals surface area contributed by atoms with Crippen LogP contribution in [0.4, 0.5) is 4.79 Å². The Bertz CT molecular complexity index is 595. The Kier molecular flexibility index (Phi) is 9.37. The number of benzene rings is 1. The molecule has 0 bridgehead atoms. The topological polar surface area (TPSA) is 86.7 Å². The van der Waals surface area contributed by atoms with Gasteiger partial charge in [-0.05, 0) is 37.5 Å². The van der Waals surface area contributed by atoms with Gasteiger partial charge in [-0.2, -0.15) is 0 Å². The largest absolute Gasteiger partial charge is 0.480 e. The summed E-state index contributed by atoms with van der Waals surface area (Å²) in [5, 5.41) is 12.0. The van der Waals surface area contributed by atoms with Gasteiger partial charge in [0.2, 0.25) is 0 Å². The molecule has 1 rings (SSSR count). The second kappa shape index (κ2) is 11.0. The SMILES string of the molecule is CC(=O)SCCN(CCCc1ccc(Cl)cc1)C(=O)N[C@@H](C)C(=O)O. The maximum Gasteiger partial charge on any atom is 0.325 e. The Morgan fingerprint density at radius 1 is 1.24 bits per heavy atom. The van der Waals surface area contributed by atoms with Crippen molar-refractivity contribution in [3.05, 3.63) is 34.9 Å². The van der Waals surface area contributed by atoms with Crippen LogP contribution in [0.25, 0.3) is 0 Å². The predicted octanol–water partition coefficient (Wildman–Crippen LogP) is 3.04.